The first-order chi connectivity index (χ1) is 21.7. The standard InChI is InChI=1S/C31H27ClF6N4O3S/c1-2-5-24-29(45-20-15-25(46-17-20)31(36,37)38,28(44)41-13-9-18-14-19(32)7-8-21(18)23(41)16-39)10-4-12-42(24)27(43)26-22(30(33,34)35)6-3-11-40-26/h3,6-8,11,14-15,17,23-24H,2,4-5,9-10,12-13H2,1H3/t23?,24-,29+/m1/s1. The highest BCUT2D eigenvalue weighted by atomic mass is 35.5. The molecule has 0 radical (unpaired) electrons. The summed E-state index contributed by atoms with van der Waals surface area (Å²) in [4.78, 5) is 33.9. The average Bonchev–Trinajstić information content (AvgIpc) is 3.49. The summed E-state index contributed by atoms with van der Waals surface area (Å²) in [6.45, 7) is 1.70. The number of alkyl halides is 6. The topological polar surface area (TPSA) is 86.5 Å². The van der Waals surface area contributed by atoms with Crippen LogP contribution in [-0.2, 0) is 23.6 Å². The van der Waals surface area contributed by atoms with Crippen molar-refractivity contribution in [3.05, 3.63) is 80.3 Å². The van der Waals surface area contributed by atoms with Gasteiger partial charge in [-0.15, -0.1) is 11.3 Å². The number of hydrogen-bond donors (Lipinski definition) is 0. The quantitative estimate of drug-likeness (QED) is 0.249. The van der Waals surface area contributed by atoms with Crippen molar-refractivity contribution in [2.45, 2.75) is 69.1 Å². The molecule has 4 heterocycles. The fourth-order valence-corrected chi connectivity index (χ4v) is 7.14. The molecule has 7 nitrogen and oxygen atoms in total. The van der Waals surface area contributed by atoms with Crippen LogP contribution in [0.1, 0.15) is 70.7 Å². The summed E-state index contributed by atoms with van der Waals surface area (Å²) in [6, 6.07) is 7.20. The molecule has 2 amide bonds. The summed E-state index contributed by atoms with van der Waals surface area (Å²) < 4.78 is 88.7. The van der Waals surface area contributed by atoms with Gasteiger partial charge in [-0.05, 0) is 54.7 Å². The molecular formula is C31H27ClF6N4O3S. The Balaban J connectivity index is 1.63. The smallest absolute Gasteiger partial charge is 0.425 e. The van der Waals surface area contributed by atoms with Crippen LogP contribution >= 0.6 is 22.9 Å². The zero-order chi connectivity index (χ0) is 33.4. The summed E-state index contributed by atoms with van der Waals surface area (Å²) in [7, 11) is 0. The van der Waals surface area contributed by atoms with E-state index in [1.165, 1.54) is 4.90 Å². The number of piperidine rings is 1. The molecule has 2 aromatic heterocycles. The van der Waals surface area contributed by atoms with Crippen molar-refractivity contribution in [3.8, 4) is 11.8 Å². The molecule has 2 aliphatic rings. The number of aromatic nitrogens is 1. The van der Waals surface area contributed by atoms with Crippen molar-refractivity contribution < 1.29 is 40.7 Å². The van der Waals surface area contributed by atoms with Crippen molar-refractivity contribution in [3.63, 3.8) is 0 Å². The number of rotatable bonds is 6. The van der Waals surface area contributed by atoms with Crippen molar-refractivity contribution >= 4 is 34.8 Å². The first-order valence-corrected chi connectivity index (χ1v) is 15.6. The van der Waals surface area contributed by atoms with Crippen molar-refractivity contribution in [2.75, 3.05) is 13.1 Å². The summed E-state index contributed by atoms with van der Waals surface area (Å²) >= 11 is 6.50. The van der Waals surface area contributed by atoms with E-state index in [4.69, 9.17) is 16.3 Å². The highest BCUT2D eigenvalue weighted by Gasteiger charge is 2.57. The van der Waals surface area contributed by atoms with Crippen molar-refractivity contribution in [2.24, 2.45) is 0 Å². The van der Waals surface area contributed by atoms with Crippen LogP contribution in [0.25, 0.3) is 0 Å². The molecule has 46 heavy (non-hydrogen) atoms. The Morgan fingerprint density at radius 3 is 2.54 bits per heavy atom. The van der Waals surface area contributed by atoms with Crippen molar-refractivity contribution in [1.29, 1.82) is 5.26 Å². The number of carbonyl (C=O) groups is 2. The fraction of sp³-hybridized carbons (Fsp3) is 0.419. The Hall–Kier alpha value is -3.83. The lowest BCUT2D eigenvalue weighted by molar-refractivity contribution is -0.161. The second-order valence-corrected chi connectivity index (χ2v) is 12.4. The zero-order valence-electron chi connectivity index (χ0n) is 24.3. The monoisotopic (exact) mass is 684 g/mol. The summed E-state index contributed by atoms with van der Waals surface area (Å²) in [6.07, 6.45) is -7.87. The number of likely N-dealkylation sites (tertiary alicyclic amines) is 1. The Kier molecular flexibility index (Phi) is 9.30. The second-order valence-electron chi connectivity index (χ2n) is 11.1. The molecule has 1 fully saturated rings. The van der Waals surface area contributed by atoms with Gasteiger partial charge in [0.1, 0.15) is 22.4 Å². The Morgan fingerprint density at radius 2 is 1.89 bits per heavy atom. The highest BCUT2D eigenvalue weighted by molar-refractivity contribution is 7.10. The predicted octanol–water partition coefficient (Wildman–Crippen LogP) is 7.71. The summed E-state index contributed by atoms with van der Waals surface area (Å²) in [5, 5.41) is 11.8. The maximum atomic E-state index is 14.8. The highest BCUT2D eigenvalue weighted by Crippen LogP contribution is 2.44. The first-order valence-electron chi connectivity index (χ1n) is 14.4. The third-order valence-electron chi connectivity index (χ3n) is 8.23. The predicted molar refractivity (Wildman–Crippen MR) is 156 cm³/mol. The van der Waals surface area contributed by atoms with E-state index in [0.29, 0.717) is 34.8 Å². The lowest BCUT2D eigenvalue weighted by Gasteiger charge is -2.50. The first kappa shape index (κ1) is 33.5. The van der Waals surface area contributed by atoms with E-state index in [1.54, 1.807) is 25.1 Å². The number of nitrogens with zero attached hydrogens (tertiary/aromatic N) is 4. The maximum absolute atomic E-state index is 14.8. The van der Waals surface area contributed by atoms with Crippen LogP contribution in [0.2, 0.25) is 5.02 Å². The van der Waals surface area contributed by atoms with Crippen LogP contribution in [-0.4, -0.2) is 51.3 Å². The van der Waals surface area contributed by atoms with Gasteiger partial charge in [-0.3, -0.25) is 14.6 Å². The van der Waals surface area contributed by atoms with Crippen LogP contribution in [0.3, 0.4) is 0 Å². The molecule has 2 aliphatic heterocycles. The van der Waals surface area contributed by atoms with Crippen LogP contribution in [0, 0.1) is 11.3 Å². The molecular weight excluding hydrogens is 658 g/mol. The molecule has 0 N–H and O–H groups in total. The van der Waals surface area contributed by atoms with Gasteiger partial charge in [0.25, 0.3) is 11.8 Å². The molecule has 1 unspecified atom stereocenters. The minimum atomic E-state index is -4.91. The normalized spacial score (nSPS) is 21.8. The molecule has 3 atom stereocenters. The molecule has 3 aromatic rings. The molecule has 0 saturated carbocycles. The van der Waals surface area contributed by atoms with E-state index in [9.17, 15) is 41.2 Å². The molecule has 1 aromatic carbocycles. The van der Waals surface area contributed by atoms with Gasteiger partial charge in [-0.1, -0.05) is 31.0 Å². The number of thiophene rings is 1. The van der Waals surface area contributed by atoms with E-state index in [2.05, 4.69) is 11.1 Å². The number of nitriles is 1. The van der Waals surface area contributed by atoms with E-state index < -0.39 is 58.0 Å². The Morgan fingerprint density at radius 1 is 1.13 bits per heavy atom. The maximum Gasteiger partial charge on any atom is 0.425 e. The summed E-state index contributed by atoms with van der Waals surface area (Å²) in [5.74, 6) is -2.14. The van der Waals surface area contributed by atoms with Gasteiger partial charge in [0, 0.05) is 42.2 Å². The van der Waals surface area contributed by atoms with Gasteiger partial charge < -0.3 is 14.5 Å². The number of pyridine rings is 1. The molecule has 15 heteroatoms. The SMILES string of the molecule is CCC[C@H]1N(C(=O)c2ncccc2C(F)(F)F)CCC[C@@]1(Oc1csc(C(F)(F)F)c1)C(=O)N1CCc2cc(Cl)ccc2C1C#N. The van der Waals surface area contributed by atoms with Crippen LogP contribution in [0.4, 0.5) is 26.3 Å². The Labute approximate surface area is 269 Å². The fourth-order valence-electron chi connectivity index (χ4n) is 6.27. The molecule has 5 rings (SSSR count). The van der Waals surface area contributed by atoms with E-state index >= 15 is 0 Å². The van der Waals surface area contributed by atoms with E-state index in [-0.39, 0.29) is 38.1 Å². The molecule has 0 aliphatic carbocycles. The van der Waals surface area contributed by atoms with E-state index in [1.807, 2.05) is 0 Å². The number of halogens is 7. The third kappa shape index (κ3) is 6.27. The van der Waals surface area contributed by atoms with Gasteiger partial charge >= 0.3 is 12.4 Å². The number of benzene rings is 1. The molecule has 0 spiro atoms. The molecule has 0 bridgehead atoms. The number of hydrogen-bond acceptors (Lipinski definition) is 6. The molecule has 244 valence electrons. The lowest BCUT2D eigenvalue weighted by atomic mass is 9.79. The number of carbonyl (C=O) groups excluding carboxylic acids is 2. The Bertz CT molecular complexity index is 1670. The van der Waals surface area contributed by atoms with Gasteiger partial charge in [-0.2, -0.15) is 31.6 Å². The summed E-state index contributed by atoms with van der Waals surface area (Å²) in [5.41, 5.74) is -2.92. The zero-order valence-corrected chi connectivity index (χ0v) is 25.9. The van der Waals surface area contributed by atoms with Crippen LogP contribution < -0.4 is 4.74 Å². The number of fused-ring (bicyclic) bond motifs is 1. The minimum Gasteiger partial charge on any atom is -0.474 e. The van der Waals surface area contributed by atoms with Crippen LogP contribution in [0.15, 0.2) is 48.0 Å². The average molecular weight is 685 g/mol. The van der Waals surface area contributed by atoms with Crippen LogP contribution in [0.5, 0.6) is 5.75 Å². The largest absolute Gasteiger partial charge is 0.474 e. The van der Waals surface area contributed by atoms with Crippen molar-refractivity contribution in [1.82, 2.24) is 14.8 Å². The third-order valence-corrected chi connectivity index (χ3v) is 9.42. The molecule has 1 saturated heterocycles. The number of ether oxygens (including phenoxy) is 1. The lowest BCUT2D eigenvalue weighted by Crippen LogP contribution is -2.68. The number of amides is 2. The minimum absolute atomic E-state index is 0.0260. The van der Waals surface area contributed by atoms with Gasteiger partial charge in [0.15, 0.2) is 0 Å². The second kappa shape index (κ2) is 12.8. The van der Waals surface area contributed by atoms with Gasteiger partial charge in [-0.25, -0.2) is 0 Å². The van der Waals surface area contributed by atoms with E-state index in [0.717, 1.165) is 40.2 Å². The van der Waals surface area contributed by atoms with Gasteiger partial charge in [0.05, 0.1) is 17.7 Å². The van der Waals surface area contributed by atoms with Gasteiger partial charge in [0.2, 0.25) is 5.60 Å².